The van der Waals surface area contributed by atoms with E-state index in [1.165, 1.54) is 23.9 Å². The standard InChI is InChI=1S/C14H16Br2ClNO/c1-9(6-17)8-19-14-12(15)4-10(5-13(14)16)7-18-11-2-3-11/h4-6,11,18H,2-3,7-8H2,1H3. The van der Waals surface area contributed by atoms with Crippen LogP contribution in [0.5, 0.6) is 5.75 Å². The van der Waals surface area contributed by atoms with Gasteiger partial charge in [-0.25, -0.2) is 0 Å². The maximum Gasteiger partial charge on any atom is 0.148 e. The van der Waals surface area contributed by atoms with Crippen molar-refractivity contribution in [1.29, 1.82) is 0 Å². The molecule has 0 unspecified atom stereocenters. The summed E-state index contributed by atoms with van der Waals surface area (Å²) in [6.45, 7) is 3.31. The Bertz CT molecular complexity index is 463. The van der Waals surface area contributed by atoms with Gasteiger partial charge < -0.3 is 10.1 Å². The van der Waals surface area contributed by atoms with Gasteiger partial charge in [0.05, 0.1) is 8.95 Å². The summed E-state index contributed by atoms with van der Waals surface area (Å²) in [7, 11) is 0. The average molecular weight is 410 g/mol. The van der Waals surface area contributed by atoms with Gasteiger partial charge in [-0.05, 0) is 74.9 Å². The molecule has 1 aromatic carbocycles. The van der Waals surface area contributed by atoms with Crippen molar-refractivity contribution in [1.82, 2.24) is 5.32 Å². The molecule has 1 aliphatic carbocycles. The zero-order valence-corrected chi connectivity index (χ0v) is 14.6. The average Bonchev–Trinajstić information content (AvgIpc) is 3.19. The third kappa shape index (κ3) is 4.78. The minimum atomic E-state index is 0.486. The van der Waals surface area contributed by atoms with Crippen molar-refractivity contribution >= 4 is 43.5 Å². The van der Waals surface area contributed by atoms with Crippen LogP contribution in [0.25, 0.3) is 0 Å². The van der Waals surface area contributed by atoms with Crippen molar-refractivity contribution in [3.8, 4) is 5.75 Å². The van der Waals surface area contributed by atoms with Gasteiger partial charge in [-0.15, -0.1) is 0 Å². The maximum atomic E-state index is 5.75. The summed E-state index contributed by atoms with van der Waals surface area (Å²) in [6, 6.07) is 4.90. The lowest BCUT2D eigenvalue weighted by Gasteiger charge is -2.12. The molecule has 2 rings (SSSR count). The molecule has 1 saturated carbocycles. The molecular formula is C14H16Br2ClNO. The van der Waals surface area contributed by atoms with Crippen LogP contribution in [0.4, 0.5) is 0 Å². The van der Waals surface area contributed by atoms with Crippen LogP contribution in [0.15, 0.2) is 32.2 Å². The van der Waals surface area contributed by atoms with Crippen molar-refractivity contribution in [3.63, 3.8) is 0 Å². The minimum absolute atomic E-state index is 0.486. The van der Waals surface area contributed by atoms with E-state index in [0.29, 0.717) is 12.6 Å². The normalized spacial score (nSPS) is 15.7. The summed E-state index contributed by atoms with van der Waals surface area (Å²) in [5.74, 6) is 0.813. The lowest BCUT2D eigenvalue weighted by atomic mass is 10.2. The Labute approximate surface area is 135 Å². The molecule has 0 saturated heterocycles. The Balaban J connectivity index is 2.02. The lowest BCUT2D eigenvalue weighted by molar-refractivity contribution is 0.348. The van der Waals surface area contributed by atoms with E-state index in [9.17, 15) is 0 Å². The van der Waals surface area contributed by atoms with Gasteiger partial charge in [0.15, 0.2) is 0 Å². The number of hydrogen-bond acceptors (Lipinski definition) is 2. The van der Waals surface area contributed by atoms with Crippen LogP contribution in [-0.2, 0) is 6.54 Å². The van der Waals surface area contributed by atoms with Crippen molar-refractivity contribution < 1.29 is 4.74 Å². The van der Waals surface area contributed by atoms with Crippen LogP contribution in [0.3, 0.4) is 0 Å². The molecule has 2 nitrogen and oxygen atoms in total. The Morgan fingerprint density at radius 2 is 2.05 bits per heavy atom. The summed E-state index contributed by atoms with van der Waals surface area (Å²) in [5.41, 5.74) is 3.76. The zero-order valence-electron chi connectivity index (χ0n) is 10.7. The van der Waals surface area contributed by atoms with Crippen LogP contribution in [-0.4, -0.2) is 12.6 Å². The molecule has 19 heavy (non-hydrogen) atoms. The number of nitrogens with one attached hydrogen (secondary N) is 1. The van der Waals surface area contributed by atoms with Crippen molar-refractivity contribution in [2.45, 2.75) is 32.4 Å². The van der Waals surface area contributed by atoms with Gasteiger partial charge in [-0.3, -0.25) is 0 Å². The first-order valence-electron chi connectivity index (χ1n) is 6.20. The Hall–Kier alpha value is -0.0300. The van der Waals surface area contributed by atoms with Gasteiger partial charge in [0, 0.05) is 18.1 Å². The highest BCUT2D eigenvalue weighted by Gasteiger charge is 2.20. The second-order valence-corrected chi connectivity index (χ2v) is 6.71. The van der Waals surface area contributed by atoms with Gasteiger partial charge in [0.1, 0.15) is 12.4 Å². The van der Waals surface area contributed by atoms with Crippen LogP contribution in [0, 0.1) is 0 Å². The van der Waals surface area contributed by atoms with E-state index in [4.69, 9.17) is 16.3 Å². The van der Waals surface area contributed by atoms with E-state index in [1.54, 1.807) is 0 Å². The summed E-state index contributed by atoms with van der Waals surface area (Å²) in [6.07, 6.45) is 2.60. The van der Waals surface area contributed by atoms with Gasteiger partial charge in [0.2, 0.25) is 0 Å². The molecule has 1 N–H and O–H groups in total. The minimum Gasteiger partial charge on any atom is -0.487 e. The molecular weight excluding hydrogens is 393 g/mol. The largest absolute Gasteiger partial charge is 0.487 e. The number of benzene rings is 1. The van der Waals surface area contributed by atoms with Gasteiger partial charge in [-0.2, -0.15) is 0 Å². The van der Waals surface area contributed by atoms with Crippen LogP contribution in [0.1, 0.15) is 25.3 Å². The predicted octanol–water partition coefficient (Wildman–Crippen LogP) is 4.99. The van der Waals surface area contributed by atoms with Crippen LogP contribution in [0.2, 0.25) is 0 Å². The summed E-state index contributed by atoms with van der Waals surface area (Å²) < 4.78 is 7.66. The van der Waals surface area contributed by atoms with Crippen molar-refractivity contribution in [2.24, 2.45) is 0 Å². The van der Waals surface area contributed by atoms with E-state index in [2.05, 4.69) is 49.3 Å². The molecule has 1 aliphatic rings. The number of rotatable bonds is 6. The highest BCUT2D eigenvalue weighted by atomic mass is 79.9. The van der Waals surface area contributed by atoms with Gasteiger partial charge in [-0.1, -0.05) is 11.6 Å². The van der Waals surface area contributed by atoms with E-state index in [-0.39, 0.29) is 0 Å². The SMILES string of the molecule is CC(=CCl)COc1c(Br)cc(CNC2CC2)cc1Br. The molecule has 0 radical (unpaired) electrons. The highest BCUT2D eigenvalue weighted by molar-refractivity contribution is 9.11. The Morgan fingerprint density at radius 1 is 1.42 bits per heavy atom. The third-order valence-corrected chi connectivity index (χ3v) is 4.41. The molecule has 0 amide bonds. The maximum absolute atomic E-state index is 5.75. The summed E-state index contributed by atoms with van der Waals surface area (Å²) in [4.78, 5) is 0. The topological polar surface area (TPSA) is 21.3 Å². The number of halogens is 3. The quantitative estimate of drug-likeness (QED) is 0.715. The fourth-order valence-corrected chi connectivity index (χ4v) is 3.19. The number of hydrogen-bond donors (Lipinski definition) is 1. The van der Waals surface area contributed by atoms with Crippen molar-refractivity contribution in [3.05, 3.63) is 37.7 Å². The molecule has 1 fully saturated rings. The molecule has 5 heteroatoms. The zero-order chi connectivity index (χ0) is 13.8. The van der Waals surface area contributed by atoms with E-state index in [0.717, 1.165) is 26.8 Å². The fraction of sp³-hybridized carbons (Fsp3) is 0.429. The van der Waals surface area contributed by atoms with Gasteiger partial charge in [0.25, 0.3) is 0 Å². The predicted molar refractivity (Wildman–Crippen MR) is 86.8 cm³/mol. The van der Waals surface area contributed by atoms with Crippen LogP contribution < -0.4 is 10.1 Å². The molecule has 0 aromatic heterocycles. The first-order chi connectivity index (χ1) is 9.10. The second-order valence-electron chi connectivity index (χ2n) is 4.79. The molecule has 104 valence electrons. The smallest absolute Gasteiger partial charge is 0.148 e. The molecule has 1 aromatic rings. The van der Waals surface area contributed by atoms with Crippen LogP contribution >= 0.6 is 43.5 Å². The third-order valence-electron chi connectivity index (χ3n) is 2.86. The Morgan fingerprint density at radius 3 is 2.58 bits per heavy atom. The molecule has 0 heterocycles. The number of ether oxygens (including phenoxy) is 1. The molecule has 0 spiro atoms. The van der Waals surface area contributed by atoms with Gasteiger partial charge >= 0.3 is 0 Å². The van der Waals surface area contributed by atoms with E-state index < -0.39 is 0 Å². The van der Waals surface area contributed by atoms with E-state index >= 15 is 0 Å². The molecule has 0 aliphatic heterocycles. The van der Waals surface area contributed by atoms with E-state index in [1.807, 2.05) is 6.92 Å². The first-order valence-corrected chi connectivity index (χ1v) is 8.22. The molecule has 0 atom stereocenters. The fourth-order valence-electron chi connectivity index (χ4n) is 1.62. The highest BCUT2D eigenvalue weighted by Crippen LogP contribution is 2.35. The molecule has 0 bridgehead atoms. The monoisotopic (exact) mass is 407 g/mol. The van der Waals surface area contributed by atoms with Crippen molar-refractivity contribution in [2.75, 3.05) is 6.61 Å². The summed E-state index contributed by atoms with van der Waals surface area (Å²) >= 11 is 12.7. The lowest BCUT2D eigenvalue weighted by Crippen LogP contribution is -2.15. The Kier molecular flexibility index (Phi) is 5.75. The first kappa shape index (κ1) is 15.4. The summed E-state index contributed by atoms with van der Waals surface area (Å²) in [5, 5.41) is 3.50. The second kappa shape index (κ2) is 7.11.